The number of benzene rings is 1. The summed E-state index contributed by atoms with van der Waals surface area (Å²) >= 11 is 7.98. The maximum absolute atomic E-state index is 12.3. The molecular weight excluding hydrogens is 1260 g/mol. The van der Waals surface area contributed by atoms with Gasteiger partial charge in [0.25, 0.3) is 0 Å². The van der Waals surface area contributed by atoms with Crippen LogP contribution in [0.25, 0.3) is 67.8 Å². The number of aliphatic hydroxyl groups excluding tert-OH is 1. The van der Waals surface area contributed by atoms with Crippen LogP contribution < -0.4 is 10.6 Å². The smallest absolute Gasteiger partial charge is 0.405 e. The number of fused-ring (bicyclic) bond motifs is 5. The molecule has 12 aromatic heterocycles. The standard InChI is InChI=1S/C21H18F3N5O2.C12H10IN3O.C12H12N2O2.C10H10N2O.C7H5ClN2/c1-12-13(2)31-28-19(12)15-6-7-29-17(10-25-18(29)9-15)14-4-3-5-16(8-14)27-20(30)26-11-21(22,23)24;1-7-8(2)17-15-12(7)9-3-4-16-10(13)6-14-11(16)5-9;1-8(9(2)15)12(16)10-3-5-14-6-4-13-11(14)7-10;1-2-9(13)8-3-5-12-6-4-11-10(12)7-8;8-6-1-3-10-4-2-9-7(10)5-6/h3-10H,11H2,1-2H3,(H2,26,27,30);3-6H,1-2H3;3-7,16H,1-2H3;3-7H,2H2,1H3;1-5H. The Balaban J connectivity index is 0.000000138. The van der Waals surface area contributed by atoms with Crippen LogP contribution in [0.15, 0.2) is 180 Å². The van der Waals surface area contributed by atoms with Gasteiger partial charge in [0.15, 0.2) is 11.6 Å². The zero-order valence-corrected chi connectivity index (χ0v) is 50.7. The summed E-state index contributed by atoms with van der Waals surface area (Å²) in [5.41, 5.74) is 13.2. The van der Waals surface area contributed by atoms with Crippen molar-refractivity contribution in [2.45, 2.75) is 61.1 Å². The van der Waals surface area contributed by atoms with Gasteiger partial charge in [-0.3, -0.25) is 18.4 Å². The Hall–Kier alpha value is -9.95. The quantitative estimate of drug-likeness (QED) is 0.0529. The highest BCUT2D eigenvalue weighted by Gasteiger charge is 2.28. The third-order valence-corrected chi connectivity index (χ3v) is 14.7. The van der Waals surface area contributed by atoms with E-state index in [9.17, 15) is 32.7 Å². The summed E-state index contributed by atoms with van der Waals surface area (Å²) in [5, 5.41) is 23.0. The zero-order valence-electron chi connectivity index (χ0n) is 47.7. The molecule has 0 bridgehead atoms. The first-order chi connectivity index (χ1) is 41.6. The summed E-state index contributed by atoms with van der Waals surface area (Å²) in [5.74, 6) is 1.64. The van der Waals surface area contributed by atoms with Gasteiger partial charge in [0.1, 0.15) is 67.1 Å². The number of carbonyl (C=O) groups excluding carboxylic acids is 3. The van der Waals surface area contributed by atoms with Crippen molar-refractivity contribution in [1.82, 2.24) is 62.6 Å². The van der Waals surface area contributed by atoms with E-state index in [0.29, 0.717) is 28.9 Å². The number of hydrogen-bond acceptors (Lipinski definition) is 13. The van der Waals surface area contributed by atoms with Crippen LogP contribution in [0.3, 0.4) is 0 Å². The first-order valence-electron chi connectivity index (χ1n) is 26.7. The number of nitrogens with one attached hydrogen (secondary N) is 2. The molecule has 0 aliphatic heterocycles. The van der Waals surface area contributed by atoms with E-state index < -0.39 is 18.8 Å². The Kier molecular flexibility index (Phi) is 19.1. The number of carbonyl (C=O) groups is 3. The highest BCUT2D eigenvalue weighted by atomic mass is 127. The van der Waals surface area contributed by atoms with Crippen LogP contribution in [0.2, 0.25) is 5.02 Å². The molecule has 0 radical (unpaired) electrons. The van der Waals surface area contributed by atoms with Gasteiger partial charge in [-0.25, -0.2) is 29.7 Å². The van der Waals surface area contributed by atoms with Crippen LogP contribution in [0.1, 0.15) is 65.8 Å². The second-order valence-corrected chi connectivity index (χ2v) is 21.0. The number of urea groups is 1. The van der Waals surface area contributed by atoms with E-state index >= 15 is 0 Å². The number of aryl methyl sites for hydroxylation is 2. The number of ketones is 2. The molecule has 0 fully saturated rings. The number of pyridine rings is 5. The lowest BCUT2D eigenvalue weighted by atomic mass is 10.1. The average Bonchev–Trinajstić information content (AvgIpc) is 3.89. The van der Waals surface area contributed by atoms with Crippen LogP contribution in [0.5, 0.6) is 0 Å². The zero-order chi connectivity index (χ0) is 62.1. The van der Waals surface area contributed by atoms with Gasteiger partial charge >= 0.3 is 12.2 Å². The normalized spacial score (nSPS) is 11.4. The number of rotatable bonds is 9. The molecule has 0 saturated heterocycles. The van der Waals surface area contributed by atoms with Gasteiger partial charge in [0, 0.05) is 130 Å². The van der Waals surface area contributed by atoms with Crippen molar-refractivity contribution in [3.8, 4) is 33.8 Å². The van der Waals surface area contributed by atoms with Gasteiger partial charge in [-0.2, -0.15) is 13.2 Å². The van der Waals surface area contributed by atoms with E-state index in [1.54, 1.807) is 73.6 Å². The number of imidazole rings is 5. The van der Waals surface area contributed by atoms with Gasteiger partial charge in [0.05, 0.1) is 18.1 Å². The van der Waals surface area contributed by atoms with Gasteiger partial charge in [0.2, 0.25) is 0 Å². The third-order valence-electron chi connectivity index (χ3n) is 13.7. The van der Waals surface area contributed by atoms with Crippen LogP contribution in [0.4, 0.5) is 23.7 Å². The van der Waals surface area contributed by atoms with Gasteiger partial charge < -0.3 is 38.0 Å². The Morgan fingerprint density at radius 2 is 1.15 bits per heavy atom. The largest absolute Gasteiger partial charge is 0.507 e. The minimum atomic E-state index is -4.47. The summed E-state index contributed by atoms with van der Waals surface area (Å²) in [6.45, 7) is 11.2. The summed E-state index contributed by atoms with van der Waals surface area (Å²) in [6.07, 6.45) is 19.7. The van der Waals surface area contributed by atoms with E-state index in [1.165, 1.54) is 6.92 Å². The number of Topliss-reactive ketones (excluding diaryl/α,β-unsaturated/α-hetero) is 2. The lowest BCUT2D eigenvalue weighted by Crippen LogP contribution is -2.36. The van der Waals surface area contributed by atoms with E-state index in [0.717, 1.165) is 93.3 Å². The molecule has 13 rings (SSSR count). The molecular formula is C62H55ClF3IN14O6. The number of halogens is 5. The molecule has 12 heterocycles. The molecule has 0 atom stereocenters. The number of alkyl halides is 3. The molecule has 87 heavy (non-hydrogen) atoms. The fourth-order valence-electron chi connectivity index (χ4n) is 8.54. The first-order valence-corrected chi connectivity index (χ1v) is 28.2. The lowest BCUT2D eigenvalue weighted by molar-refractivity contribution is -0.122. The summed E-state index contributed by atoms with van der Waals surface area (Å²) in [7, 11) is 0. The number of allylic oxidation sites excluding steroid dienone is 1. The second kappa shape index (κ2) is 27.0. The summed E-state index contributed by atoms with van der Waals surface area (Å²) in [6, 6.07) is 24.4. The number of nitrogens with zero attached hydrogens (tertiary/aromatic N) is 12. The Morgan fingerprint density at radius 3 is 1.70 bits per heavy atom. The lowest BCUT2D eigenvalue weighted by Gasteiger charge is -2.11. The van der Waals surface area contributed by atoms with Crippen LogP contribution >= 0.6 is 34.2 Å². The minimum absolute atomic E-state index is 0.0120. The van der Waals surface area contributed by atoms with Crippen molar-refractivity contribution in [3.63, 3.8) is 0 Å². The molecule has 0 aliphatic carbocycles. The predicted molar refractivity (Wildman–Crippen MR) is 333 cm³/mol. The molecule has 25 heteroatoms. The van der Waals surface area contributed by atoms with Crippen molar-refractivity contribution < 1.29 is 41.7 Å². The number of hydrogen-bond donors (Lipinski definition) is 3. The monoisotopic (exact) mass is 1310 g/mol. The molecule has 0 saturated carbocycles. The average molecular weight is 1310 g/mol. The number of aliphatic hydroxyl groups is 1. The van der Waals surface area contributed by atoms with Crippen molar-refractivity contribution in [2.24, 2.45) is 0 Å². The maximum atomic E-state index is 12.3. The number of anilines is 1. The van der Waals surface area contributed by atoms with Crippen LogP contribution in [0, 0.1) is 31.4 Å². The highest BCUT2D eigenvalue weighted by Crippen LogP contribution is 2.30. The SMILES string of the molecule is CC(=O)C(C)=C(O)c1ccn2ccnc2c1.CCC(=O)c1ccn2ccnc2c1.Cc1onc(-c2ccn3c(-c4cccc(NC(=O)NCC(F)(F)F)c4)cnc3c2)c1C.Cc1onc(-c2ccn3c(I)cnc3c2)c1C.Clc1ccn2ccnc2c1. The molecule has 2 amide bonds. The minimum Gasteiger partial charge on any atom is -0.507 e. The molecule has 0 spiro atoms. The van der Waals surface area contributed by atoms with Crippen molar-refractivity contribution in [2.75, 3.05) is 11.9 Å². The van der Waals surface area contributed by atoms with E-state index in [2.05, 4.69) is 63.1 Å². The van der Waals surface area contributed by atoms with E-state index in [-0.39, 0.29) is 17.3 Å². The van der Waals surface area contributed by atoms with Crippen LogP contribution in [-0.4, -0.2) is 92.7 Å². The summed E-state index contributed by atoms with van der Waals surface area (Å²) in [4.78, 5) is 55.3. The number of aromatic nitrogens is 12. The molecule has 13 aromatic rings. The maximum Gasteiger partial charge on any atom is 0.405 e. The van der Waals surface area contributed by atoms with E-state index in [1.807, 2.05) is 161 Å². The first kappa shape index (κ1) is 61.6. The van der Waals surface area contributed by atoms with Crippen molar-refractivity contribution in [3.05, 3.63) is 214 Å². The van der Waals surface area contributed by atoms with Crippen LogP contribution in [-0.2, 0) is 4.79 Å². The molecule has 0 aliphatic rings. The van der Waals surface area contributed by atoms with Crippen molar-refractivity contribution >= 4 is 91.5 Å². The molecule has 1 aromatic carbocycles. The van der Waals surface area contributed by atoms with Gasteiger partial charge in [-0.1, -0.05) is 41.0 Å². The Labute approximate surface area is 513 Å². The Morgan fingerprint density at radius 1 is 0.621 bits per heavy atom. The molecule has 20 nitrogen and oxygen atoms in total. The Bertz CT molecular complexity index is 4650. The molecule has 444 valence electrons. The number of amides is 2. The summed E-state index contributed by atoms with van der Waals surface area (Å²) < 4.78 is 57.8. The third kappa shape index (κ3) is 14.9. The molecule has 0 unspecified atom stereocenters. The van der Waals surface area contributed by atoms with Gasteiger partial charge in [-0.15, -0.1) is 0 Å². The van der Waals surface area contributed by atoms with Gasteiger partial charge in [-0.05, 0) is 137 Å². The highest BCUT2D eigenvalue weighted by molar-refractivity contribution is 14.1. The fraction of sp³-hybridized carbons (Fsp3) is 0.161. The second-order valence-electron chi connectivity index (χ2n) is 19.5. The van der Waals surface area contributed by atoms with E-state index in [4.69, 9.17) is 20.6 Å². The molecule has 3 N–H and O–H groups in total. The van der Waals surface area contributed by atoms with Crippen molar-refractivity contribution in [1.29, 1.82) is 0 Å². The predicted octanol–water partition coefficient (Wildman–Crippen LogP) is 14.3. The topological polar surface area (TPSA) is 234 Å². The fourth-order valence-corrected chi connectivity index (χ4v) is 9.24.